The lowest BCUT2D eigenvalue weighted by atomic mass is 10.0. The molecule has 0 aromatic heterocycles. The third-order valence-electron chi connectivity index (χ3n) is 2.27. The van der Waals surface area contributed by atoms with Gasteiger partial charge in [0.2, 0.25) is 0 Å². The molecule has 0 aliphatic rings. The number of nitrogens with two attached hydrogens (primary N) is 1. The molecule has 2 N–H and O–H groups in total. The van der Waals surface area contributed by atoms with E-state index in [0.29, 0.717) is 6.42 Å². The van der Waals surface area contributed by atoms with Crippen LogP contribution in [-0.2, 0) is 0 Å². The van der Waals surface area contributed by atoms with Gasteiger partial charge in [0.05, 0.1) is 13.8 Å². The molecule has 1 aromatic carbocycles. The summed E-state index contributed by atoms with van der Waals surface area (Å²) in [5, 5.41) is 0. The van der Waals surface area contributed by atoms with Crippen LogP contribution in [-0.4, -0.2) is 13.8 Å². The molecule has 0 amide bonds. The third kappa shape index (κ3) is 2.45. The summed E-state index contributed by atoms with van der Waals surface area (Å²) < 4.78 is 17.2. The summed E-state index contributed by atoms with van der Waals surface area (Å²) in [6, 6.07) is 5.47. The summed E-state index contributed by atoms with van der Waals surface area (Å²) >= 11 is 0. The van der Waals surface area contributed by atoms with Gasteiger partial charge in [-0.3, -0.25) is 4.39 Å². The third-order valence-corrected chi connectivity index (χ3v) is 2.27. The fourth-order valence-corrected chi connectivity index (χ4v) is 1.42. The number of hydrogen-bond acceptors (Lipinski definition) is 2. The molecule has 1 aromatic rings. The van der Waals surface area contributed by atoms with Crippen molar-refractivity contribution in [1.29, 1.82) is 0 Å². The average molecular weight is 197 g/mol. The van der Waals surface area contributed by atoms with Crippen LogP contribution in [0.5, 0.6) is 5.75 Å². The SMILES string of the molecule is COc1ccc([C@@H](N)CCF)cc1C. The molecule has 0 aliphatic carbocycles. The molecule has 1 atom stereocenters. The second-order valence-electron chi connectivity index (χ2n) is 3.31. The molecular formula is C11H16FNO. The smallest absolute Gasteiger partial charge is 0.121 e. The molecule has 78 valence electrons. The van der Waals surface area contributed by atoms with E-state index in [0.717, 1.165) is 16.9 Å². The molecule has 0 unspecified atom stereocenters. The molecule has 0 bridgehead atoms. The largest absolute Gasteiger partial charge is 0.496 e. The summed E-state index contributed by atoms with van der Waals surface area (Å²) in [4.78, 5) is 0. The number of benzene rings is 1. The van der Waals surface area contributed by atoms with Gasteiger partial charge in [-0.15, -0.1) is 0 Å². The highest BCUT2D eigenvalue weighted by Crippen LogP contribution is 2.22. The van der Waals surface area contributed by atoms with Gasteiger partial charge in [-0.1, -0.05) is 12.1 Å². The summed E-state index contributed by atoms with van der Waals surface area (Å²) in [5.41, 5.74) is 7.77. The fourth-order valence-electron chi connectivity index (χ4n) is 1.42. The van der Waals surface area contributed by atoms with Crippen LogP contribution in [0.25, 0.3) is 0 Å². The zero-order valence-corrected chi connectivity index (χ0v) is 8.59. The van der Waals surface area contributed by atoms with Crippen LogP contribution in [0.15, 0.2) is 18.2 Å². The Labute approximate surface area is 83.9 Å². The number of hydrogen-bond donors (Lipinski definition) is 1. The van der Waals surface area contributed by atoms with E-state index >= 15 is 0 Å². The molecule has 1 rings (SSSR count). The van der Waals surface area contributed by atoms with Crippen LogP contribution in [0.4, 0.5) is 4.39 Å². The predicted octanol–water partition coefficient (Wildman–Crippen LogP) is 2.36. The van der Waals surface area contributed by atoms with Crippen molar-refractivity contribution < 1.29 is 9.13 Å². The molecule has 0 heterocycles. The molecule has 0 spiro atoms. The van der Waals surface area contributed by atoms with Crippen molar-refractivity contribution >= 4 is 0 Å². The van der Waals surface area contributed by atoms with Crippen molar-refractivity contribution in [2.24, 2.45) is 5.73 Å². The van der Waals surface area contributed by atoms with Gasteiger partial charge < -0.3 is 10.5 Å². The van der Waals surface area contributed by atoms with E-state index in [-0.39, 0.29) is 12.7 Å². The Balaban J connectivity index is 2.85. The molecule has 0 radical (unpaired) electrons. The maximum absolute atomic E-state index is 12.1. The summed E-state index contributed by atoms with van der Waals surface area (Å²) in [7, 11) is 1.63. The fraction of sp³-hybridized carbons (Fsp3) is 0.455. The first kappa shape index (κ1) is 11.0. The number of methoxy groups -OCH3 is 1. The number of ether oxygens (including phenoxy) is 1. The Kier molecular flexibility index (Phi) is 3.89. The van der Waals surface area contributed by atoms with Crippen molar-refractivity contribution in [3.8, 4) is 5.75 Å². The van der Waals surface area contributed by atoms with Gasteiger partial charge in [-0.2, -0.15) is 0 Å². The topological polar surface area (TPSA) is 35.2 Å². The van der Waals surface area contributed by atoms with Crippen LogP contribution in [0.3, 0.4) is 0 Å². The first-order valence-electron chi connectivity index (χ1n) is 4.65. The number of rotatable bonds is 4. The Morgan fingerprint density at radius 1 is 1.50 bits per heavy atom. The summed E-state index contributed by atoms with van der Waals surface area (Å²) in [6.45, 7) is 1.57. The van der Waals surface area contributed by atoms with Crippen LogP contribution in [0.1, 0.15) is 23.6 Å². The maximum Gasteiger partial charge on any atom is 0.121 e. The summed E-state index contributed by atoms with van der Waals surface area (Å²) in [6.07, 6.45) is 0.367. The van der Waals surface area contributed by atoms with Gasteiger partial charge in [0.15, 0.2) is 0 Å². The Hall–Kier alpha value is -1.09. The molecular weight excluding hydrogens is 181 g/mol. The zero-order chi connectivity index (χ0) is 10.6. The Morgan fingerprint density at radius 3 is 2.71 bits per heavy atom. The zero-order valence-electron chi connectivity index (χ0n) is 8.59. The van der Waals surface area contributed by atoms with Gasteiger partial charge in [0.1, 0.15) is 5.75 Å². The molecule has 2 nitrogen and oxygen atoms in total. The van der Waals surface area contributed by atoms with Crippen molar-refractivity contribution in [3.63, 3.8) is 0 Å². The molecule has 0 saturated carbocycles. The lowest BCUT2D eigenvalue weighted by molar-refractivity contribution is 0.410. The summed E-state index contributed by atoms with van der Waals surface area (Å²) in [5.74, 6) is 0.834. The monoisotopic (exact) mass is 197 g/mol. The lowest BCUT2D eigenvalue weighted by Crippen LogP contribution is -2.11. The minimum absolute atomic E-state index is 0.218. The van der Waals surface area contributed by atoms with E-state index in [1.807, 2.05) is 25.1 Å². The van der Waals surface area contributed by atoms with E-state index in [2.05, 4.69) is 0 Å². The van der Waals surface area contributed by atoms with Crippen molar-refractivity contribution in [3.05, 3.63) is 29.3 Å². The Morgan fingerprint density at radius 2 is 2.21 bits per heavy atom. The number of aryl methyl sites for hydroxylation is 1. The minimum Gasteiger partial charge on any atom is -0.496 e. The molecule has 0 saturated heterocycles. The quantitative estimate of drug-likeness (QED) is 0.804. The van der Waals surface area contributed by atoms with Gasteiger partial charge in [0.25, 0.3) is 0 Å². The Bertz CT molecular complexity index is 301. The van der Waals surface area contributed by atoms with Gasteiger partial charge >= 0.3 is 0 Å². The molecule has 3 heteroatoms. The minimum atomic E-state index is -0.383. The van der Waals surface area contributed by atoms with Gasteiger partial charge in [0, 0.05) is 6.04 Å². The number of halogens is 1. The van der Waals surface area contributed by atoms with E-state index in [9.17, 15) is 4.39 Å². The second-order valence-corrected chi connectivity index (χ2v) is 3.31. The van der Waals surface area contributed by atoms with E-state index < -0.39 is 0 Å². The van der Waals surface area contributed by atoms with Gasteiger partial charge in [-0.05, 0) is 30.5 Å². The highest BCUT2D eigenvalue weighted by atomic mass is 19.1. The molecule has 0 fully saturated rings. The first-order valence-corrected chi connectivity index (χ1v) is 4.65. The molecule has 14 heavy (non-hydrogen) atoms. The molecule has 0 aliphatic heterocycles. The van der Waals surface area contributed by atoms with E-state index in [1.165, 1.54) is 0 Å². The second kappa shape index (κ2) is 4.96. The van der Waals surface area contributed by atoms with Gasteiger partial charge in [-0.25, -0.2) is 0 Å². The lowest BCUT2D eigenvalue weighted by Gasteiger charge is -2.12. The highest BCUT2D eigenvalue weighted by molar-refractivity contribution is 5.37. The van der Waals surface area contributed by atoms with Crippen molar-refractivity contribution in [2.75, 3.05) is 13.8 Å². The van der Waals surface area contributed by atoms with Crippen molar-refractivity contribution in [2.45, 2.75) is 19.4 Å². The van der Waals surface area contributed by atoms with Crippen molar-refractivity contribution in [1.82, 2.24) is 0 Å². The average Bonchev–Trinajstić information content (AvgIpc) is 2.18. The van der Waals surface area contributed by atoms with Crippen LogP contribution < -0.4 is 10.5 Å². The van der Waals surface area contributed by atoms with Crippen LogP contribution in [0, 0.1) is 6.92 Å². The first-order chi connectivity index (χ1) is 6.69. The standard InChI is InChI=1S/C11H16FNO/c1-8-7-9(10(13)5-6-12)3-4-11(8)14-2/h3-4,7,10H,5-6,13H2,1-2H3/t10-/m0/s1. The maximum atomic E-state index is 12.1. The van der Waals surface area contributed by atoms with Crippen LogP contribution >= 0.6 is 0 Å². The van der Waals surface area contributed by atoms with E-state index in [1.54, 1.807) is 7.11 Å². The van der Waals surface area contributed by atoms with E-state index in [4.69, 9.17) is 10.5 Å². The predicted molar refractivity (Wildman–Crippen MR) is 55.3 cm³/mol. The van der Waals surface area contributed by atoms with Crippen LogP contribution in [0.2, 0.25) is 0 Å². The normalized spacial score (nSPS) is 12.6. The number of alkyl halides is 1. The highest BCUT2D eigenvalue weighted by Gasteiger charge is 2.07.